The summed E-state index contributed by atoms with van der Waals surface area (Å²) in [6, 6.07) is 5.70. The Hall–Kier alpha value is -3.20. The Balaban J connectivity index is 1.53. The molecule has 9 heteroatoms. The molecule has 0 saturated heterocycles. The number of nitrogens with two attached hydrogens (primary N) is 1. The van der Waals surface area contributed by atoms with Crippen molar-refractivity contribution < 1.29 is 9.84 Å². The molecule has 0 aliphatic heterocycles. The number of benzene rings is 1. The number of methoxy groups -OCH3 is 1. The van der Waals surface area contributed by atoms with Crippen LogP contribution in [0.3, 0.4) is 0 Å². The monoisotopic (exact) mass is 365 g/mol. The Morgan fingerprint density at radius 3 is 3.00 bits per heavy atom. The molecule has 0 radical (unpaired) electrons. The molecule has 138 valence electrons. The average molecular weight is 365 g/mol. The number of rotatable bonds is 5. The lowest BCUT2D eigenvalue weighted by molar-refractivity contribution is 0.269. The SMILES string of the molecule is COc1cccc2c1nc(N)n1nc(C3CC3c3cnn(CCO)c3)nc21. The Labute approximate surface area is 154 Å². The molecule has 2 unspecified atom stereocenters. The van der Waals surface area contributed by atoms with Crippen LogP contribution in [0.5, 0.6) is 5.75 Å². The number of nitrogen functional groups attached to an aromatic ring is 1. The number of anilines is 1. The number of ether oxygens (including phenoxy) is 1. The van der Waals surface area contributed by atoms with E-state index in [1.54, 1.807) is 16.3 Å². The molecule has 1 aromatic carbocycles. The van der Waals surface area contributed by atoms with Gasteiger partial charge in [0.1, 0.15) is 11.3 Å². The topological polar surface area (TPSA) is 116 Å². The van der Waals surface area contributed by atoms with Crippen LogP contribution in [0.25, 0.3) is 16.6 Å². The fourth-order valence-electron chi connectivity index (χ4n) is 3.61. The van der Waals surface area contributed by atoms with E-state index in [1.807, 2.05) is 30.6 Å². The number of aliphatic hydroxyl groups is 1. The van der Waals surface area contributed by atoms with E-state index in [9.17, 15) is 0 Å². The first-order valence-corrected chi connectivity index (χ1v) is 8.81. The number of fused-ring (bicyclic) bond motifs is 3. The zero-order valence-electron chi connectivity index (χ0n) is 14.8. The lowest BCUT2D eigenvalue weighted by Crippen LogP contribution is -2.03. The summed E-state index contributed by atoms with van der Waals surface area (Å²) in [5, 5.41) is 18.8. The van der Waals surface area contributed by atoms with Crippen molar-refractivity contribution in [3.63, 3.8) is 0 Å². The molecule has 0 bridgehead atoms. The number of aliphatic hydroxyl groups excluding tert-OH is 1. The molecule has 5 rings (SSSR count). The second kappa shape index (κ2) is 5.92. The van der Waals surface area contributed by atoms with Crippen LogP contribution in [0.15, 0.2) is 30.6 Å². The fraction of sp³-hybridized carbons (Fsp3) is 0.333. The number of para-hydroxylation sites is 1. The normalized spacial score (nSPS) is 19.0. The van der Waals surface area contributed by atoms with Crippen LogP contribution in [0.4, 0.5) is 5.95 Å². The van der Waals surface area contributed by atoms with Gasteiger partial charge in [0, 0.05) is 17.5 Å². The Kier molecular flexibility index (Phi) is 3.51. The summed E-state index contributed by atoms with van der Waals surface area (Å²) in [6.07, 6.45) is 4.80. The van der Waals surface area contributed by atoms with Gasteiger partial charge in [-0.25, -0.2) is 9.97 Å². The van der Waals surface area contributed by atoms with Crippen molar-refractivity contribution in [1.82, 2.24) is 29.4 Å². The zero-order valence-corrected chi connectivity index (χ0v) is 14.8. The lowest BCUT2D eigenvalue weighted by Gasteiger charge is -2.06. The van der Waals surface area contributed by atoms with Crippen LogP contribution in [0.2, 0.25) is 0 Å². The summed E-state index contributed by atoms with van der Waals surface area (Å²) in [5.74, 6) is 2.28. The van der Waals surface area contributed by atoms with E-state index in [1.165, 1.54) is 0 Å². The van der Waals surface area contributed by atoms with Crippen LogP contribution in [-0.4, -0.2) is 48.2 Å². The van der Waals surface area contributed by atoms with E-state index >= 15 is 0 Å². The molecule has 1 aliphatic rings. The van der Waals surface area contributed by atoms with Gasteiger partial charge in [-0.15, -0.1) is 5.10 Å². The van der Waals surface area contributed by atoms with Crippen LogP contribution < -0.4 is 10.5 Å². The van der Waals surface area contributed by atoms with E-state index in [4.69, 9.17) is 20.6 Å². The summed E-state index contributed by atoms with van der Waals surface area (Å²) >= 11 is 0. The van der Waals surface area contributed by atoms with Gasteiger partial charge in [0.05, 0.1) is 26.5 Å². The van der Waals surface area contributed by atoms with Gasteiger partial charge in [0.2, 0.25) is 5.95 Å². The third-order valence-corrected chi connectivity index (χ3v) is 5.06. The smallest absolute Gasteiger partial charge is 0.223 e. The molecule has 2 atom stereocenters. The maximum atomic E-state index is 9.03. The average Bonchev–Trinajstić information content (AvgIpc) is 3.12. The molecular formula is C18H19N7O2. The molecule has 3 N–H and O–H groups in total. The maximum absolute atomic E-state index is 9.03. The summed E-state index contributed by atoms with van der Waals surface area (Å²) in [5.41, 5.74) is 8.63. The van der Waals surface area contributed by atoms with Crippen molar-refractivity contribution in [2.75, 3.05) is 19.5 Å². The van der Waals surface area contributed by atoms with Crippen LogP contribution in [0, 0.1) is 0 Å². The lowest BCUT2D eigenvalue weighted by atomic mass is 10.2. The van der Waals surface area contributed by atoms with E-state index in [0.717, 1.165) is 23.2 Å². The maximum Gasteiger partial charge on any atom is 0.223 e. The number of aromatic nitrogens is 6. The minimum atomic E-state index is 0.0754. The molecule has 3 heterocycles. The molecule has 0 amide bonds. The van der Waals surface area contributed by atoms with Gasteiger partial charge < -0.3 is 15.6 Å². The van der Waals surface area contributed by atoms with Crippen LogP contribution in [-0.2, 0) is 6.54 Å². The first kappa shape index (κ1) is 16.0. The van der Waals surface area contributed by atoms with Gasteiger partial charge in [-0.2, -0.15) is 9.61 Å². The van der Waals surface area contributed by atoms with Crippen molar-refractivity contribution in [2.45, 2.75) is 24.8 Å². The molecule has 1 aliphatic carbocycles. The van der Waals surface area contributed by atoms with Gasteiger partial charge >= 0.3 is 0 Å². The summed E-state index contributed by atoms with van der Waals surface area (Å²) < 4.78 is 8.74. The third kappa shape index (κ3) is 2.50. The number of nitrogens with zero attached hydrogens (tertiary/aromatic N) is 6. The fourth-order valence-corrected chi connectivity index (χ4v) is 3.61. The van der Waals surface area contributed by atoms with Crippen molar-refractivity contribution in [2.24, 2.45) is 0 Å². The zero-order chi connectivity index (χ0) is 18.5. The Morgan fingerprint density at radius 2 is 2.19 bits per heavy atom. The van der Waals surface area contributed by atoms with Gasteiger partial charge in [0.25, 0.3) is 0 Å². The van der Waals surface area contributed by atoms with Gasteiger partial charge in [0.15, 0.2) is 11.5 Å². The first-order valence-electron chi connectivity index (χ1n) is 8.81. The molecule has 4 aromatic rings. The molecule has 1 fully saturated rings. The van der Waals surface area contributed by atoms with Crippen molar-refractivity contribution in [3.8, 4) is 5.75 Å². The third-order valence-electron chi connectivity index (χ3n) is 5.06. The molecular weight excluding hydrogens is 346 g/mol. The highest BCUT2D eigenvalue weighted by molar-refractivity contribution is 5.95. The van der Waals surface area contributed by atoms with Crippen LogP contribution in [0.1, 0.15) is 29.6 Å². The van der Waals surface area contributed by atoms with Crippen molar-refractivity contribution >= 4 is 22.5 Å². The van der Waals surface area contributed by atoms with Gasteiger partial charge in [-0.3, -0.25) is 4.68 Å². The van der Waals surface area contributed by atoms with Crippen molar-refractivity contribution in [3.05, 3.63) is 42.0 Å². The van der Waals surface area contributed by atoms with Crippen LogP contribution >= 0.6 is 0 Å². The predicted molar refractivity (Wildman–Crippen MR) is 98.7 cm³/mol. The van der Waals surface area contributed by atoms with E-state index < -0.39 is 0 Å². The van der Waals surface area contributed by atoms with E-state index in [-0.39, 0.29) is 18.5 Å². The Bertz CT molecular complexity index is 1150. The summed E-state index contributed by atoms with van der Waals surface area (Å²) in [7, 11) is 1.61. The molecule has 27 heavy (non-hydrogen) atoms. The minimum Gasteiger partial charge on any atom is -0.494 e. The van der Waals surface area contributed by atoms with Gasteiger partial charge in [-0.1, -0.05) is 6.07 Å². The Morgan fingerprint density at radius 1 is 1.30 bits per heavy atom. The van der Waals surface area contributed by atoms with Gasteiger partial charge in [-0.05, 0) is 30.0 Å². The van der Waals surface area contributed by atoms with E-state index in [0.29, 0.717) is 29.4 Å². The summed E-state index contributed by atoms with van der Waals surface area (Å²) in [4.78, 5) is 9.21. The standard InChI is InChI=1S/C18H19N7O2/c1-27-14-4-2-3-11-15(14)21-18(19)25-17(11)22-16(23-25)13-7-12(13)10-8-20-24(9-10)5-6-26/h2-4,8-9,12-13,26H,5-7H2,1H3,(H2,19,21). The molecule has 3 aromatic heterocycles. The molecule has 0 spiro atoms. The highest BCUT2D eigenvalue weighted by atomic mass is 16.5. The first-order chi connectivity index (χ1) is 13.2. The molecule has 1 saturated carbocycles. The quantitative estimate of drug-likeness (QED) is 0.548. The minimum absolute atomic E-state index is 0.0754. The molecule has 9 nitrogen and oxygen atoms in total. The number of hydrogen-bond donors (Lipinski definition) is 2. The largest absolute Gasteiger partial charge is 0.494 e. The highest BCUT2D eigenvalue weighted by Crippen LogP contribution is 2.53. The highest BCUT2D eigenvalue weighted by Gasteiger charge is 2.43. The second-order valence-corrected chi connectivity index (χ2v) is 6.74. The number of hydrogen-bond acceptors (Lipinski definition) is 7. The van der Waals surface area contributed by atoms with E-state index in [2.05, 4.69) is 15.2 Å². The van der Waals surface area contributed by atoms with Crippen molar-refractivity contribution in [1.29, 1.82) is 0 Å². The predicted octanol–water partition coefficient (Wildman–Crippen LogP) is 1.33. The second-order valence-electron chi connectivity index (χ2n) is 6.74. The summed E-state index contributed by atoms with van der Waals surface area (Å²) in [6.45, 7) is 0.575.